The minimum Gasteiger partial charge on any atom is -0.496 e. The van der Waals surface area contributed by atoms with Crippen LogP contribution in [0, 0.1) is 6.92 Å². The molecule has 1 amide bonds. The largest absolute Gasteiger partial charge is 0.496 e. The molecule has 0 fully saturated rings. The van der Waals surface area contributed by atoms with Gasteiger partial charge < -0.3 is 10.1 Å². The van der Waals surface area contributed by atoms with Gasteiger partial charge in [-0.2, -0.15) is 0 Å². The zero-order valence-electron chi connectivity index (χ0n) is 11.9. The molecule has 104 valence electrons. The standard InChI is InChI=1S/C16H17NO2S/c1-9-4-6-13-12(15(9)19-3)7-5-11-8-14(17-10(2)18)20-16(11)13/h4,6,8H,5,7H2,1-3H3,(H,17,18). The lowest BCUT2D eigenvalue weighted by Crippen LogP contribution is -2.05. The highest BCUT2D eigenvalue weighted by atomic mass is 32.1. The Morgan fingerprint density at radius 1 is 1.35 bits per heavy atom. The van der Waals surface area contributed by atoms with Crippen molar-refractivity contribution in [3.8, 4) is 16.2 Å². The summed E-state index contributed by atoms with van der Waals surface area (Å²) in [5.41, 5.74) is 5.03. The molecule has 0 radical (unpaired) electrons. The van der Waals surface area contributed by atoms with Crippen molar-refractivity contribution in [2.45, 2.75) is 26.7 Å². The number of carbonyl (C=O) groups excluding carboxylic acids is 1. The van der Waals surface area contributed by atoms with Crippen LogP contribution in [0.1, 0.15) is 23.6 Å². The van der Waals surface area contributed by atoms with Gasteiger partial charge in [-0.1, -0.05) is 12.1 Å². The Balaban J connectivity index is 2.11. The van der Waals surface area contributed by atoms with Crippen molar-refractivity contribution in [2.75, 3.05) is 12.4 Å². The Hall–Kier alpha value is -1.81. The number of amides is 1. The Kier molecular flexibility index (Phi) is 3.26. The molecule has 0 aliphatic heterocycles. The number of thiophene rings is 1. The first-order valence-electron chi connectivity index (χ1n) is 6.67. The van der Waals surface area contributed by atoms with Gasteiger partial charge in [0.2, 0.25) is 5.91 Å². The first-order chi connectivity index (χ1) is 9.60. The van der Waals surface area contributed by atoms with Crippen molar-refractivity contribution in [1.29, 1.82) is 0 Å². The lowest BCUT2D eigenvalue weighted by Gasteiger charge is -2.20. The minimum atomic E-state index is -0.0229. The van der Waals surface area contributed by atoms with E-state index in [4.69, 9.17) is 4.74 Å². The van der Waals surface area contributed by atoms with Crippen molar-refractivity contribution >= 4 is 22.2 Å². The molecule has 1 aromatic heterocycles. The highest BCUT2D eigenvalue weighted by molar-refractivity contribution is 7.19. The molecule has 0 bridgehead atoms. The fourth-order valence-electron chi connectivity index (χ4n) is 2.83. The number of ether oxygens (including phenoxy) is 1. The lowest BCUT2D eigenvalue weighted by atomic mass is 9.89. The SMILES string of the molecule is COc1c(C)ccc2c1CCc1cc(NC(C)=O)sc1-2. The van der Waals surface area contributed by atoms with Crippen molar-refractivity contribution in [3.63, 3.8) is 0 Å². The van der Waals surface area contributed by atoms with Gasteiger partial charge in [-0.05, 0) is 42.5 Å². The van der Waals surface area contributed by atoms with E-state index in [1.807, 2.05) is 0 Å². The number of hydrogen-bond acceptors (Lipinski definition) is 3. The molecule has 1 aliphatic carbocycles. The molecule has 1 N–H and O–H groups in total. The normalized spacial score (nSPS) is 12.6. The van der Waals surface area contributed by atoms with Crippen molar-refractivity contribution in [2.24, 2.45) is 0 Å². The lowest BCUT2D eigenvalue weighted by molar-refractivity contribution is -0.114. The fourth-order valence-corrected chi connectivity index (χ4v) is 4.04. The number of benzene rings is 1. The minimum absolute atomic E-state index is 0.0229. The molecule has 0 unspecified atom stereocenters. The van der Waals surface area contributed by atoms with Crippen LogP contribution in [0.4, 0.5) is 5.00 Å². The van der Waals surface area contributed by atoms with E-state index in [0.29, 0.717) is 0 Å². The van der Waals surface area contributed by atoms with Gasteiger partial charge in [-0.25, -0.2) is 0 Å². The second-order valence-corrected chi connectivity index (χ2v) is 6.14. The monoisotopic (exact) mass is 287 g/mol. The number of methoxy groups -OCH3 is 1. The van der Waals surface area contributed by atoms with E-state index >= 15 is 0 Å². The summed E-state index contributed by atoms with van der Waals surface area (Å²) < 4.78 is 5.56. The average Bonchev–Trinajstić information content (AvgIpc) is 2.79. The van der Waals surface area contributed by atoms with Crippen LogP contribution in [0.25, 0.3) is 10.4 Å². The van der Waals surface area contributed by atoms with E-state index in [1.54, 1.807) is 25.4 Å². The summed E-state index contributed by atoms with van der Waals surface area (Å²) in [6.45, 7) is 3.62. The summed E-state index contributed by atoms with van der Waals surface area (Å²) in [6, 6.07) is 6.36. The molecule has 4 heteroatoms. The second-order valence-electron chi connectivity index (χ2n) is 5.09. The molecule has 3 rings (SSSR count). The van der Waals surface area contributed by atoms with Crippen LogP contribution < -0.4 is 10.1 Å². The maximum Gasteiger partial charge on any atom is 0.221 e. The molecule has 0 saturated carbocycles. The van der Waals surface area contributed by atoms with Crippen LogP contribution in [0.15, 0.2) is 18.2 Å². The maximum absolute atomic E-state index is 11.2. The molecule has 2 aromatic rings. The Labute approximate surface area is 122 Å². The summed E-state index contributed by atoms with van der Waals surface area (Å²) in [4.78, 5) is 12.4. The zero-order valence-corrected chi connectivity index (χ0v) is 12.7. The summed E-state index contributed by atoms with van der Waals surface area (Å²) in [5, 5.41) is 3.81. The Morgan fingerprint density at radius 2 is 2.15 bits per heavy atom. The third-order valence-electron chi connectivity index (χ3n) is 3.66. The number of hydrogen-bond donors (Lipinski definition) is 1. The smallest absolute Gasteiger partial charge is 0.221 e. The van der Waals surface area contributed by atoms with Gasteiger partial charge in [0.25, 0.3) is 0 Å². The van der Waals surface area contributed by atoms with Crippen LogP contribution in [-0.4, -0.2) is 13.0 Å². The maximum atomic E-state index is 11.2. The van der Waals surface area contributed by atoms with Gasteiger partial charge >= 0.3 is 0 Å². The number of fused-ring (bicyclic) bond motifs is 3. The van der Waals surface area contributed by atoms with E-state index in [2.05, 4.69) is 30.4 Å². The van der Waals surface area contributed by atoms with Crippen LogP contribution in [0.5, 0.6) is 5.75 Å². The van der Waals surface area contributed by atoms with E-state index in [1.165, 1.54) is 27.1 Å². The quantitative estimate of drug-likeness (QED) is 0.912. The van der Waals surface area contributed by atoms with Crippen LogP contribution in [-0.2, 0) is 17.6 Å². The number of aryl methyl sites for hydroxylation is 2. The first-order valence-corrected chi connectivity index (χ1v) is 7.49. The predicted octanol–water partition coefficient (Wildman–Crippen LogP) is 3.79. The Bertz CT molecular complexity index is 688. The van der Waals surface area contributed by atoms with E-state index in [-0.39, 0.29) is 5.91 Å². The molecule has 20 heavy (non-hydrogen) atoms. The highest BCUT2D eigenvalue weighted by Gasteiger charge is 2.23. The van der Waals surface area contributed by atoms with Crippen LogP contribution in [0.3, 0.4) is 0 Å². The van der Waals surface area contributed by atoms with Crippen molar-refractivity contribution < 1.29 is 9.53 Å². The first kappa shape index (κ1) is 13.2. The number of anilines is 1. The summed E-state index contributed by atoms with van der Waals surface area (Å²) in [6.07, 6.45) is 1.99. The molecule has 1 aromatic carbocycles. The number of nitrogens with one attached hydrogen (secondary N) is 1. The molecule has 3 nitrogen and oxygen atoms in total. The van der Waals surface area contributed by atoms with Gasteiger partial charge in [-0.15, -0.1) is 11.3 Å². The van der Waals surface area contributed by atoms with Crippen molar-refractivity contribution in [3.05, 3.63) is 34.9 Å². The molecule has 0 spiro atoms. The topological polar surface area (TPSA) is 38.3 Å². The number of rotatable bonds is 2. The second kappa shape index (κ2) is 4.94. The predicted molar refractivity (Wildman–Crippen MR) is 82.8 cm³/mol. The van der Waals surface area contributed by atoms with Crippen LogP contribution in [0.2, 0.25) is 0 Å². The van der Waals surface area contributed by atoms with E-state index in [0.717, 1.165) is 23.6 Å². The zero-order chi connectivity index (χ0) is 14.3. The molecule has 1 heterocycles. The van der Waals surface area contributed by atoms with E-state index in [9.17, 15) is 4.79 Å². The highest BCUT2D eigenvalue weighted by Crippen LogP contribution is 2.45. The molecular weight excluding hydrogens is 270 g/mol. The summed E-state index contributed by atoms with van der Waals surface area (Å²) in [5.74, 6) is 0.980. The van der Waals surface area contributed by atoms with Crippen molar-refractivity contribution in [1.82, 2.24) is 0 Å². The molecular formula is C16H17NO2S. The third kappa shape index (κ3) is 2.10. The molecule has 1 aliphatic rings. The van der Waals surface area contributed by atoms with Gasteiger partial charge in [0, 0.05) is 17.4 Å². The van der Waals surface area contributed by atoms with E-state index < -0.39 is 0 Å². The average molecular weight is 287 g/mol. The summed E-state index contributed by atoms with van der Waals surface area (Å²) in [7, 11) is 1.73. The summed E-state index contributed by atoms with van der Waals surface area (Å²) >= 11 is 1.64. The number of carbonyl (C=O) groups is 1. The van der Waals surface area contributed by atoms with Crippen LogP contribution >= 0.6 is 11.3 Å². The van der Waals surface area contributed by atoms with Gasteiger partial charge in [0.15, 0.2) is 0 Å². The third-order valence-corrected chi connectivity index (χ3v) is 4.78. The molecule has 0 saturated heterocycles. The van der Waals surface area contributed by atoms with Gasteiger partial charge in [-0.3, -0.25) is 4.79 Å². The molecule has 0 atom stereocenters. The Morgan fingerprint density at radius 3 is 2.85 bits per heavy atom. The van der Waals surface area contributed by atoms with Gasteiger partial charge in [0.1, 0.15) is 5.75 Å². The van der Waals surface area contributed by atoms with Gasteiger partial charge in [0.05, 0.1) is 12.1 Å². The fraction of sp³-hybridized carbons (Fsp3) is 0.312.